The Morgan fingerprint density at radius 1 is 1.42 bits per heavy atom. The van der Waals surface area contributed by atoms with Gasteiger partial charge in [-0.2, -0.15) is 10.4 Å². The number of benzene rings is 1. The van der Waals surface area contributed by atoms with Gasteiger partial charge in [0.15, 0.2) is 0 Å². The molecule has 0 unspecified atom stereocenters. The number of aromatic nitrogens is 1. The Hall–Kier alpha value is -3.25. The predicted octanol–water partition coefficient (Wildman–Crippen LogP) is 2.72. The van der Waals surface area contributed by atoms with Crippen LogP contribution in [0.5, 0.6) is 0 Å². The molecule has 1 heterocycles. The molecule has 0 aliphatic heterocycles. The fraction of sp³-hybridized carbons (Fsp3) is 0.176. The van der Waals surface area contributed by atoms with Crippen LogP contribution in [0.1, 0.15) is 22.4 Å². The molecule has 0 aliphatic rings. The van der Waals surface area contributed by atoms with Crippen molar-refractivity contribution in [2.24, 2.45) is 5.10 Å². The maximum atomic E-state index is 11.9. The number of non-ortho nitro benzene ring substituents is 1. The summed E-state index contributed by atoms with van der Waals surface area (Å²) < 4.78 is 0. The maximum Gasteiger partial charge on any atom is 0.269 e. The molecule has 9 heteroatoms. The molecular formula is C17H15N5O3S. The SMILES string of the molecule is Cc1cc(C)c(C#N)c(SCC(=O)N/N=C/c2ccc([N+](=O)[O-])cc2)n1. The molecule has 0 fully saturated rings. The van der Waals surface area contributed by atoms with Crippen LogP contribution in [0.4, 0.5) is 5.69 Å². The van der Waals surface area contributed by atoms with Gasteiger partial charge in [0.25, 0.3) is 5.69 Å². The number of nitro groups is 1. The van der Waals surface area contributed by atoms with E-state index in [1.54, 1.807) is 0 Å². The molecule has 0 bridgehead atoms. The summed E-state index contributed by atoms with van der Waals surface area (Å²) in [7, 11) is 0. The van der Waals surface area contributed by atoms with Crippen molar-refractivity contribution >= 4 is 29.6 Å². The summed E-state index contributed by atoms with van der Waals surface area (Å²) in [5, 5.41) is 24.1. The molecule has 0 saturated carbocycles. The number of carbonyl (C=O) groups excluding carboxylic acids is 1. The molecule has 0 spiro atoms. The van der Waals surface area contributed by atoms with E-state index in [0.29, 0.717) is 16.2 Å². The number of hydrogen-bond acceptors (Lipinski definition) is 7. The van der Waals surface area contributed by atoms with Gasteiger partial charge in [-0.05, 0) is 43.2 Å². The molecule has 0 radical (unpaired) electrons. The Balaban J connectivity index is 1.92. The van der Waals surface area contributed by atoms with Crippen LogP contribution in [-0.4, -0.2) is 27.8 Å². The van der Waals surface area contributed by atoms with Crippen molar-refractivity contribution in [3.8, 4) is 6.07 Å². The molecule has 1 N–H and O–H groups in total. The fourth-order valence-electron chi connectivity index (χ4n) is 2.07. The van der Waals surface area contributed by atoms with Crippen LogP contribution in [0.3, 0.4) is 0 Å². The lowest BCUT2D eigenvalue weighted by Crippen LogP contribution is -2.19. The van der Waals surface area contributed by atoms with E-state index in [4.69, 9.17) is 0 Å². The molecule has 0 aliphatic carbocycles. The number of nitrogens with one attached hydrogen (secondary N) is 1. The number of hydrazone groups is 1. The zero-order valence-electron chi connectivity index (χ0n) is 14.1. The highest BCUT2D eigenvalue weighted by Crippen LogP contribution is 2.23. The highest BCUT2D eigenvalue weighted by atomic mass is 32.2. The highest BCUT2D eigenvalue weighted by Gasteiger charge is 2.11. The lowest BCUT2D eigenvalue weighted by molar-refractivity contribution is -0.384. The standard InChI is InChI=1S/C17H15N5O3S/c1-11-7-12(2)20-17(15(11)8-18)26-10-16(23)21-19-9-13-3-5-14(6-4-13)22(24)25/h3-7,9H,10H2,1-2H3,(H,21,23)/b19-9+. The Morgan fingerprint density at radius 3 is 2.73 bits per heavy atom. The quantitative estimate of drug-likeness (QED) is 0.362. The van der Waals surface area contributed by atoms with Crippen molar-refractivity contribution in [3.05, 3.63) is 62.8 Å². The zero-order valence-corrected chi connectivity index (χ0v) is 14.9. The topological polar surface area (TPSA) is 121 Å². The number of aryl methyl sites for hydroxylation is 2. The normalized spacial score (nSPS) is 10.5. The maximum absolute atomic E-state index is 11.9. The third kappa shape index (κ3) is 5.12. The lowest BCUT2D eigenvalue weighted by atomic mass is 10.1. The molecule has 132 valence electrons. The number of hydrogen-bond donors (Lipinski definition) is 1. The number of nitro benzene ring substituents is 1. The number of rotatable bonds is 6. The van der Waals surface area contributed by atoms with Crippen molar-refractivity contribution < 1.29 is 9.72 Å². The first-order chi connectivity index (χ1) is 12.4. The van der Waals surface area contributed by atoms with Gasteiger partial charge in [0.05, 0.1) is 22.5 Å². The van der Waals surface area contributed by atoms with E-state index < -0.39 is 4.92 Å². The van der Waals surface area contributed by atoms with Crippen LogP contribution < -0.4 is 5.43 Å². The number of nitriles is 1. The Labute approximate surface area is 154 Å². The number of thioether (sulfide) groups is 1. The minimum atomic E-state index is -0.490. The first-order valence-corrected chi connectivity index (χ1v) is 8.46. The van der Waals surface area contributed by atoms with Gasteiger partial charge in [-0.3, -0.25) is 14.9 Å². The minimum Gasteiger partial charge on any atom is -0.272 e. The molecule has 26 heavy (non-hydrogen) atoms. The molecule has 2 rings (SSSR count). The Kier molecular flexibility index (Phi) is 6.41. The van der Waals surface area contributed by atoms with E-state index in [0.717, 1.165) is 23.0 Å². The summed E-state index contributed by atoms with van der Waals surface area (Å²) in [5.41, 5.74) is 5.03. The van der Waals surface area contributed by atoms with Gasteiger partial charge >= 0.3 is 0 Å². The first kappa shape index (κ1) is 19.1. The second-order valence-corrected chi connectivity index (χ2v) is 6.27. The molecule has 1 amide bonds. The van der Waals surface area contributed by atoms with Crippen LogP contribution in [0, 0.1) is 35.3 Å². The fourth-order valence-corrected chi connectivity index (χ4v) is 2.96. The molecule has 0 atom stereocenters. The molecule has 8 nitrogen and oxygen atoms in total. The number of pyridine rings is 1. The van der Waals surface area contributed by atoms with Gasteiger partial charge in [-0.1, -0.05) is 11.8 Å². The average molecular weight is 369 g/mol. The first-order valence-electron chi connectivity index (χ1n) is 7.48. The average Bonchev–Trinajstić information content (AvgIpc) is 2.60. The predicted molar refractivity (Wildman–Crippen MR) is 98.0 cm³/mol. The number of carbonyl (C=O) groups is 1. The van der Waals surface area contributed by atoms with Gasteiger partial charge in [0, 0.05) is 17.8 Å². The van der Waals surface area contributed by atoms with Crippen LogP contribution in [-0.2, 0) is 4.79 Å². The highest BCUT2D eigenvalue weighted by molar-refractivity contribution is 8.00. The molecule has 0 saturated heterocycles. The van der Waals surface area contributed by atoms with Crippen molar-refractivity contribution in [1.82, 2.24) is 10.4 Å². The number of amides is 1. The molecule has 1 aromatic heterocycles. The van der Waals surface area contributed by atoms with E-state index in [9.17, 15) is 20.2 Å². The van der Waals surface area contributed by atoms with E-state index in [1.807, 2.05) is 19.9 Å². The van der Waals surface area contributed by atoms with Crippen molar-refractivity contribution in [3.63, 3.8) is 0 Å². The van der Waals surface area contributed by atoms with E-state index in [1.165, 1.54) is 30.5 Å². The smallest absolute Gasteiger partial charge is 0.269 e. The second kappa shape index (κ2) is 8.73. The van der Waals surface area contributed by atoms with Gasteiger partial charge < -0.3 is 0 Å². The van der Waals surface area contributed by atoms with E-state index >= 15 is 0 Å². The summed E-state index contributed by atoms with van der Waals surface area (Å²) in [6.45, 7) is 3.65. The third-order valence-electron chi connectivity index (χ3n) is 3.27. The molecular weight excluding hydrogens is 354 g/mol. The summed E-state index contributed by atoms with van der Waals surface area (Å²) >= 11 is 1.16. The lowest BCUT2D eigenvalue weighted by Gasteiger charge is -2.06. The van der Waals surface area contributed by atoms with Crippen LogP contribution in [0.25, 0.3) is 0 Å². The second-order valence-electron chi connectivity index (χ2n) is 5.30. The summed E-state index contributed by atoms with van der Waals surface area (Å²) in [4.78, 5) is 26.3. The Morgan fingerprint density at radius 2 is 2.12 bits per heavy atom. The van der Waals surface area contributed by atoms with Crippen LogP contribution in [0.2, 0.25) is 0 Å². The van der Waals surface area contributed by atoms with E-state index in [-0.39, 0.29) is 17.3 Å². The monoisotopic (exact) mass is 369 g/mol. The molecule has 2 aromatic rings. The van der Waals surface area contributed by atoms with Gasteiger partial charge in [0.2, 0.25) is 5.91 Å². The van der Waals surface area contributed by atoms with Crippen molar-refractivity contribution in [2.75, 3.05) is 5.75 Å². The zero-order chi connectivity index (χ0) is 19.1. The van der Waals surface area contributed by atoms with E-state index in [2.05, 4.69) is 21.6 Å². The van der Waals surface area contributed by atoms with Crippen molar-refractivity contribution in [2.45, 2.75) is 18.9 Å². The minimum absolute atomic E-state index is 0.0168. The number of nitrogens with zero attached hydrogens (tertiary/aromatic N) is 4. The largest absolute Gasteiger partial charge is 0.272 e. The van der Waals surface area contributed by atoms with Gasteiger partial charge in [-0.25, -0.2) is 10.4 Å². The molecule has 1 aromatic carbocycles. The van der Waals surface area contributed by atoms with Crippen molar-refractivity contribution in [1.29, 1.82) is 5.26 Å². The summed E-state index contributed by atoms with van der Waals surface area (Å²) in [5.74, 6) is -0.291. The van der Waals surface area contributed by atoms with Crippen LogP contribution in [0.15, 0.2) is 40.5 Å². The summed E-state index contributed by atoms with van der Waals surface area (Å²) in [6.07, 6.45) is 1.39. The Bertz CT molecular complexity index is 904. The van der Waals surface area contributed by atoms with Gasteiger partial charge in [0.1, 0.15) is 11.1 Å². The van der Waals surface area contributed by atoms with Crippen LogP contribution >= 0.6 is 11.8 Å². The summed E-state index contributed by atoms with van der Waals surface area (Å²) in [6, 6.07) is 9.68. The third-order valence-corrected chi connectivity index (χ3v) is 4.25. The van der Waals surface area contributed by atoms with Gasteiger partial charge in [-0.15, -0.1) is 0 Å².